The summed E-state index contributed by atoms with van der Waals surface area (Å²) in [5.41, 5.74) is 5.35. The molecule has 0 fully saturated rings. The van der Waals surface area contributed by atoms with Gasteiger partial charge in [-0.15, -0.1) is 0 Å². The van der Waals surface area contributed by atoms with E-state index in [1.807, 2.05) is 6.92 Å². The Morgan fingerprint density at radius 1 is 1.89 bits per heavy atom. The molecule has 0 saturated carbocycles. The molecule has 0 aromatic heterocycles. The third-order valence-electron chi connectivity index (χ3n) is 1.13. The van der Waals surface area contributed by atoms with Crippen LogP contribution in [-0.2, 0) is 4.79 Å². The predicted octanol–water partition coefficient (Wildman–Crippen LogP) is -0.256. The molecule has 1 rings (SSSR count). The number of hydrogen-bond donors (Lipinski definition) is 1. The van der Waals surface area contributed by atoms with Crippen LogP contribution in [0.25, 0.3) is 0 Å². The topological polar surface area (TPSA) is 55.4 Å². The van der Waals surface area contributed by atoms with Gasteiger partial charge < -0.3 is 0 Å². The second-order valence-corrected chi connectivity index (χ2v) is 4.37. The third kappa shape index (κ3) is 1.31. The first-order valence-electron chi connectivity index (χ1n) is 2.78. The van der Waals surface area contributed by atoms with Crippen molar-refractivity contribution in [2.75, 3.05) is 0 Å². The predicted molar refractivity (Wildman–Crippen MR) is 36.4 cm³/mol. The van der Waals surface area contributed by atoms with Crippen LogP contribution in [0.15, 0.2) is 4.99 Å². The van der Waals surface area contributed by atoms with E-state index in [0.717, 1.165) is 6.42 Å². The van der Waals surface area contributed by atoms with Gasteiger partial charge in [0.15, 0.2) is 0 Å². The van der Waals surface area contributed by atoms with Crippen LogP contribution in [0, 0.1) is 0 Å². The zero-order valence-electron chi connectivity index (χ0n) is 5.13. The maximum atomic E-state index is 10.8. The molecular formula is C5H8N2OSe. The Morgan fingerprint density at radius 3 is 2.78 bits per heavy atom. The summed E-state index contributed by atoms with van der Waals surface area (Å²) in [5, 5.41) is 0. The molecule has 1 aliphatic heterocycles. The van der Waals surface area contributed by atoms with E-state index < -0.39 is 0 Å². The first-order valence-corrected chi connectivity index (χ1v) is 4.63. The number of amides is 1. The minimum absolute atomic E-state index is 0.0185. The number of nitrogens with zero attached hydrogens (tertiary/aromatic N) is 1. The number of aliphatic imine (C=N–C) groups is 1. The summed E-state index contributed by atoms with van der Waals surface area (Å²) in [6.45, 7) is 1.98. The van der Waals surface area contributed by atoms with Gasteiger partial charge in [0.25, 0.3) is 0 Å². The van der Waals surface area contributed by atoms with Crippen molar-refractivity contribution >= 4 is 25.6 Å². The average molecular weight is 191 g/mol. The van der Waals surface area contributed by atoms with Crippen LogP contribution in [0.1, 0.15) is 13.3 Å². The van der Waals surface area contributed by atoms with Crippen LogP contribution in [-0.4, -0.2) is 25.6 Å². The van der Waals surface area contributed by atoms with Gasteiger partial charge in [-0.3, -0.25) is 0 Å². The Bertz CT molecular complexity index is 166. The fraction of sp³-hybridized carbons (Fsp3) is 0.600. The number of nitrogens with two attached hydrogens (primary N) is 1. The fourth-order valence-electron chi connectivity index (χ4n) is 0.661. The summed E-state index contributed by atoms with van der Waals surface area (Å²) in [6.07, 6.45) is 0.878. The van der Waals surface area contributed by atoms with Gasteiger partial charge in [-0.2, -0.15) is 0 Å². The zero-order chi connectivity index (χ0) is 6.85. The van der Waals surface area contributed by atoms with E-state index in [1.165, 1.54) is 0 Å². The van der Waals surface area contributed by atoms with Crippen molar-refractivity contribution in [1.29, 1.82) is 0 Å². The SMILES string of the molecule is CCC1[Se]C(N)=NC1=O. The first kappa shape index (κ1) is 6.77. The molecule has 0 aromatic carbocycles. The van der Waals surface area contributed by atoms with Crippen LogP contribution in [0.3, 0.4) is 0 Å². The molecular weight excluding hydrogens is 183 g/mol. The summed E-state index contributed by atoms with van der Waals surface area (Å²) >= 11 is 0.145. The van der Waals surface area contributed by atoms with Crippen LogP contribution in [0.5, 0.6) is 0 Å². The molecule has 3 nitrogen and oxygen atoms in total. The fourth-order valence-corrected chi connectivity index (χ4v) is 2.24. The Labute approximate surface area is 59.9 Å². The van der Waals surface area contributed by atoms with Gasteiger partial charge in [0, 0.05) is 0 Å². The molecule has 1 heterocycles. The van der Waals surface area contributed by atoms with Crippen molar-refractivity contribution in [1.82, 2.24) is 0 Å². The summed E-state index contributed by atoms with van der Waals surface area (Å²) in [6, 6.07) is 0. The van der Waals surface area contributed by atoms with Gasteiger partial charge in [-0.1, -0.05) is 0 Å². The molecule has 0 saturated heterocycles. The van der Waals surface area contributed by atoms with E-state index in [9.17, 15) is 4.79 Å². The number of amidine groups is 1. The molecule has 9 heavy (non-hydrogen) atoms. The van der Waals surface area contributed by atoms with Crippen molar-refractivity contribution in [2.45, 2.75) is 18.2 Å². The van der Waals surface area contributed by atoms with Crippen molar-refractivity contribution < 1.29 is 4.79 Å². The summed E-state index contributed by atoms with van der Waals surface area (Å²) in [4.78, 5) is 14.5. The molecule has 1 amide bonds. The maximum absolute atomic E-state index is 10.8. The minimum atomic E-state index is -0.0185. The van der Waals surface area contributed by atoms with E-state index in [1.54, 1.807) is 0 Å². The average Bonchev–Trinajstić information content (AvgIpc) is 2.10. The summed E-state index contributed by atoms with van der Waals surface area (Å²) in [7, 11) is 0. The number of carbonyl (C=O) groups excluding carboxylic acids is 1. The van der Waals surface area contributed by atoms with Crippen LogP contribution >= 0.6 is 0 Å². The van der Waals surface area contributed by atoms with Gasteiger partial charge in [0.1, 0.15) is 0 Å². The summed E-state index contributed by atoms with van der Waals surface area (Å²) < 4.78 is 0.555. The quantitative estimate of drug-likeness (QED) is 0.580. The van der Waals surface area contributed by atoms with E-state index in [2.05, 4.69) is 4.99 Å². The molecule has 50 valence electrons. The molecule has 1 atom stereocenters. The molecule has 2 N–H and O–H groups in total. The Morgan fingerprint density at radius 2 is 2.56 bits per heavy atom. The van der Waals surface area contributed by atoms with Gasteiger partial charge in [-0.25, -0.2) is 0 Å². The molecule has 4 heteroatoms. The Hall–Kier alpha value is -0.341. The van der Waals surface area contributed by atoms with E-state index in [-0.39, 0.29) is 25.7 Å². The monoisotopic (exact) mass is 192 g/mol. The number of carbonyl (C=O) groups is 1. The van der Waals surface area contributed by atoms with Gasteiger partial charge >= 0.3 is 59.3 Å². The molecule has 0 aromatic rings. The van der Waals surface area contributed by atoms with Gasteiger partial charge in [-0.05, 0) is 0 Å². The first-order chi connectivity index (χ1) is 4.24. The van der Waals surface area contributed by atoms with Crippen LogP contribution in [0.4, 0.5) is 0 Å². The summed E-state index contributed by atoms with van der Waals surface area (Å²) in [5.74, 6) is -0.0185. The zero-order valence-corrected chi connectivity index (χ0v) is 6.84. The molecule has 1 unspecified atom stereocenters. The van der Waals surface area contributed by atoms with Crippen molar-refractivity contribution in [2.24, 2.45) is 10.7 Å². The molecule has 0 aliphatic carbocycles. The van der Waals surface area contributed by atoms with E-state index in [0.29, 0.717) is 4.73 Å². The van der Waals surface area contributed by atoms with Crippen molar-refractivity contribution in [3.63, 3.8) is 0 Å². The van der Waals surface area contributed by atoms with Crippen molar-refractivity contribution in [3.05, 3.63) is 0 Å². The number of rotatable bonds is 1. The van der Waals surface area contributed by atoms with E-state index >= 15 is 0 Å². The second-order valence-electron chi connectivity index (χ2n) is 1.80. The molecule has 0 bridgehead atoms. The third-order valence-corrected chi connectivity index (χ3v) is 3.55. The normalized spacial score (nSPS) is 26.6. The Kier molecular flexibility index (Phi) is 1.88. The molecule has 0 spiro atoms. The molecule has 1 aliphatic rings. The van der Waals surface area contributed by atoms with Crippen molar-refractivity contribution in [3.8, 4) is 0 Å². The van der Waals surface area contributed by atoms with Crippen LogP contribution < -0.4 is 5.73 Å². The second kappa shape index (κ2) is 2.50. The van der Waals surface area contributed by atoms with E-state index in [4.69, 9.17) is 5.73 Å². The van der Waals surface area contributed by atoms with Gasteiger partial charge in [0.05, 0.1) is 0 Å². The number of hydrogen-bond acceptors (Lipinski definition) is 2. The van der Waals surface area contributed by atoms with Crippen LogP contribution in [0.2, 0.25) is 4.82 Å². The Balaban J connectivity index is 2.60. The standard InChI is InChI=1S/C5H8N2OSe/c1-2-3-4(8)7-5(6)9-3/h3H,2H2,1H3,(H2,6,7,8). The van der Waals surface area contributed by atoms with Gasteiger partial charge in [0.2, 0.25) is 0 Å². The molecule has 0 radical (unpaired) electrons.